The third kappa shape index (κ3) is 5.31. The molecule has 1 saturated heterocycles. The molecule has 0 spiro atoms. The maximum absolute atomic E-state index is 12.6. The molecule has 0 saturated carbocycles. The van der Waals surface area contributed by atoms with Crippen molar-refractivity contribution in [1.82, 2.24) is 14.7 Å². The molecule has 1 aliphatic rings. The largest absolute Gasteiger partial charge is 0.340 e. The number of nitrogens with one attached hydrogen (secondary N) is 1. The van der Waals surface area contributed by atoms with Gasteiger partial charge in [-0.3, -0.25) is 14.4 Å². The van der Waals surface area contributed by atoms with Gasteiger partial charge in [-0.15, -0.1) is 0 Å². The van der Waals surface area contributed by atoms with Gasteiger partial charge in [-0.2, -0.15) is 5.10 Å². The molecule has 154 valence electrons. The van der Waals surface area contributed by atoms with Crippen LogP contribution >= 0.6 is 0 Å². The van der Waals surface area contributed by atoms with E-state index in [0.717, 1.165) is 37.8 Å². The zero-order valence-corrected chi connectivity index (χ0v) is 17.1. The van der Waals surface area contributed by atoms with Crippen molar-refractivity contribution in [2.45, 2.75) is 58.5 Å². The minimum absolute atomic E-state index is 0.0414. The molecule has 1 fully saturated rings. The zero-order chi connectivity index (χ0) is 20.8. The van der Waals surface area contributed by atoms with Crippen LogP contribution in [0.2, 0.25) is 0 Å². The lowest BCUT2D eigenvalue weighted by Crippen LogP contribution is -2.44. The van der Waals surface area contributed by atoms with Gasteiger partial charge < -0.3 is 10.2 Å². The van der Waals surface area contributed by atoms with Crippen LogP contribution in [-0.4, -0.2) is 39.1 Å². The fourth-order valence-electron chi connectivity index (χ4n) is 3.66. The molecule has 0 unspecified atom stereocenters. The van der Waals surface area contributed by atoms with Crippen LogP contribution in [0.4, 0.5) is 5.69 Å². The molecule has 1 aromatic carbocycles. The van der Waals surface area contributed by atoms with Crippen molar-refractivity contribution >= 4 is 17.5 Å². The van der Waals surface area contributed by atoms with Gasteiger partial charge in [0.2, 0.25) is 5.91 Å². The molecule has 2 heterocycles. The van der Waals surface area contributed by atoms with Gasteiger partial charge in [0, 0.05) is 30.8 Å². The minimum Gasteiger partial charge on any atom is -0.340 e. The molecule has 1 atom stereocenters. The highest BCUT2D eigenvalue weighted by atomic mass is 16.2. The average molecular weight is 396 g/mol. The molecule has 29 heavy (non-hydrogen) atoms. The Morgan fingerprint density at radius 1 is 1.14 bits per heavy atom. The molecule has 2 amide bonds. The third-order valence-electron chi connectivity index (χ3n) is 5.36. The van der Waals surface area contributed by atoms with Crippen LogP contribution in [0.15, 0.2) is 41.2 Å². The fourth-order valence-corrected chi connectivity index (χ4v) is 3.66. The van der Waals surface area contributed by atoms with Crippen molar-refractivity contribution in [1.29, 1.82) is 0 Å². The van der Waals surface area contributed by atoms with Crippen LogP contribution in [0.3, 0.4) is 0 Å². The standard InChI is InChI=1S/C22H28N4O3/c1-3-18-6-4-5-14-25(18)20(27)13-15-26-21(28)12-11-19(24-26)22(29)23-17-9-7-16(2)8-10-17/h7-12,18H,3-6,13-15H2,1-2H3,(H,23,29)/t18-/m0/s1. The first-order valence-electron chi connectivity index (χ1n) is 10.2. The third-order valence-corrected chi connectivity index (χ3v) is 5.36. The van der Waals surface area contributed by atoms with Gasteiger partial charge in [0.25, 0.3) is 11.5 Å². The number of likely N-dealkylation sites (tertiary alicyclic amines) is 1. The first-order valence-corrected chi connectivity index (χ1v) is 10.2. The summed E-state index contributed by atoms with van der Waals surface area (Å²) in [5.41, 5.74) is 1.57. The molecule has 1 aromatic heterocycles. The number of hydrogen-bond acceptors (Lipinski definition) is 4. The van der Waals surface area contributed by atoms with Crippen molar-refractivity contribution in [2.24, 2.45) is 0 Å². The van der Waals surface area contributed by atoms with Crippen molar-refractivity contribution in [3.05, 3.63) is 58.0 Å². The number of piperidine rings is 1. The molecule has 1 aliphatic heterocycles. The van der Waals surface area contributed by atoms with Crippen LogP contribution < -0.4 is 10.9 Å². The highest BCUT2D eigenvalue weighted by Gasteiger charge is 2.25. The Kier molecular flexibility index (Phi) is 6.80. The summed E-state index contributed by atoms with van der Waals surface area (Å²) in [4.78, 5) is 39.2. The van der Waals surface area contributed by atoms with Gasteiger partial charge in [0.05, 0.1) is 6.54 Å². The van der Waals surface area contributed by atoms with E-state index in [-0.39, 0.29) is 36.2 Å². The second-order valence-electron chi connectivity index (χ2n) is 7.50. The second kappa shape index (κ2) is 9.49. The van der Waals surface area contributed by atoms with E-state index in [1.54, 1.807) is 0 Å². The summed E-state index contributed by atoms with van der Waals surface area (Å²) in [6.07, 6.45) is 4.36. The predicted molar refractivity (Wildman–Crippen MR) is 112 cm³/mol. The SMILES string of the molecule is CC[C@H]1CCCCN1C(=O)CCn1nc(C(=O)Nc2ccc(C)cc2)ccc1=O. The van der Waals surface area contributed by atoms with Crippen LogP contribution in [0.5, 0.6) is 0 Å². The van der Waals surface area contributed by atoms with E-state index in [4.69, 9.17) is 0 Å². The number of carbonyl (C=O) groups excluding carboxylic acids is 2. The van der Waals surface area contributed by atoms with Gasteiger partial charge in [0.1, 0.15) is 5.69 Å². The van der Waals surface area contributed by atoms with Gasteiger partial charge in [-0.1, -0.05) is 24.6 Å². The lowest BCUT2D eigenvalue weighted by Gasteiger charge is -2.35. The van der Waals surface area contributed by atoms with E-state index >= 15 is 0 Å². The summed E-state index contributed by atoms with van der Waals surface area (Å²) < 4.78 is 1.20. The lowest BCUT2D eigenvalue weighted by molar-refractivity contribution is -0.135. The van der Waals surface area contributed by atoms with E-state index in [9.17, 15) is 14.4 Å². The number of aromatic nitrogens is 2. The summed E-state index contributed by atoms with van der Waals surface area (Å²) in [6, 6.07) is 10.4. The van der Waals surface area contributed by atoms with E-state index in [1.807, 2.05) is 36.1 Å². The van der Waals surface area contributed by atoms with Gasteiger partial charge >= 0.3 is 0 Å². The average Bonchev–Trinajstić information content (AvgIpc) is 2.74. The summed E-state index contributed by atoms with van der Waals surface area (Å²) in [5.74, 6) is -0.351. The predicted octanol–water partition coefficient (Wildman–Crippen LogP) is 2.99. The lowest BCUT2D eigenvalue weighted by atomic mass is 9.99. The second-order valence-corrected chi connectivity index (χ2v) is 7.50. The molecular weight excluding hydrogens is 368 g/mol. The smallest absolute Gasteiger partial charge is 0.276 e. The Labute approximate surface area is 170 Å². The normalized spacial score (nSPS) is 16.5. The summed E-state index contributed by atoms with van der Waals surface area (Å²) in [5, 5.41) is 6.93. The fraction of sp³-hybridized carbons (Fsp3) is 0.455. The Balaban J connectivity index is 1.65. The highest BCUT2D eigenvalue weighted by molar-refractivity contribution is 6.02. The number of hydrogen-bond donors (Lipinski definition) is 1. The topological polar surface area (TPSA) is 84.3 Å². The van der Waals surface area contributed by atoms with E-state index in [2.05, 4.69) is 17.3 Å². The molecule has 0 radical (unpaired) electrons. The van der Waals surface area contributed by atoms with Crippen LogP contribution in [0.1, 0.15) is 55.1 Å². The number of benzene rings is 1. The van der Waals surface area contributed by atoms with Crippen LogP contribution in [0.25, 0.3) is 0 Å². The van der Waals surface area contributed by atoms with Crippen molar-refractivity contribution in [2.75, 3.05) is 11.9 Å². The first kappa shape index (κ1) is 20.8. The van der Waals surface area contributed by atoms with E-state index < -0.39 is 5.91 Å². The maximum atomic E-state index is 12.6. The van der Waals surface area contributed by atoms with Gasteiger partial charge in [0.15, 0.2) is 0 Å². The molecule has 2 aromatic rings. The Morgan fingerprint density at radius 3 is 2.62 bits per heavy atom. The number of nitrogens with zero attached hydrogens (tertiary/aromatic N) is 3. The first-order chi connectivity index (χ1) is 14.0. The molecule has 0 bridgehead atoms. The summed E-state index contributed by atoms with van der Waals surface area (Å²) in [6.45, 7) is 5.00. The Morgan fingerprint density at radius 2 is 1.90 bits per heavy atom. The zero-order valence-electron chi connectivity index (χ0n) is 17.1. The highest BCUT2D eigenvalue weighted by Crippen LogP contribution is 2.20. The summed E-state index contributed by atoms with van der Waals surface area (Å²) >= 11 is 0. The summed E-state index contributed by atoms with van der Waals surface area (Å²) in [7, 11) is 0. The molecular formula is C22H28N4O3. The number of carbonyl (C=O) groups is 2. The van der Waals surface area contributed by atoms with E-state index in [0.29, 0.717) is 5.69 Å². The van der Waals surface area contributed by atoms with Crippen molar-refractivity contribution < 1.29 is 9.59 Å². The minimum atomic E-state index is -0.393. The van der Waals surface area contributed by atoms with Crippen LogP contribution in [-0.2, 0) is 11.3 Å². The molecule has 1 N–H and O–H groups in total. The monoisotopic (exact) mass is 396 g/mol. The van der Waals surface area contributed by atoms with Crippen molar-refractivity contribution in [3.8, 4) is 0 Å². The number of amides is 2. The van der Waals surface area contributed by atoms with Crippen LogP contribution in [0, 0.1) is 6.92 Å². The number of rotatable bonds is 6. The molecule has 3 rings (SSSR count). The van der Waals surface area contributed by atoms with E-state index in [1.165, 1.54) is 16.8 Å². The Bertz CT molecular complexity index is 920. The van der Waals surface area contributed by atoms with Gasteiger partial charge in [-0.25, -0.2) is 4.68 Å². The van der Waals surface area contributed by atoms with Crippen molar-refractivity contribution in [3.63, 3.8) is 0 Å². The Hall–Kier alpha value is -2.96. The maximum Gasteiger partial charge on any atom is 0.276 e. The molecule has 7 heteroatoms. The number of aryl methyl sites for hydroxylation is 2. The number of anilines is 1. The quantitative estimate of drug-likeness (QED) is 0.814. The molecule has 7 nitrogen and oxygen atoms in total. The van der Waals surface area contributed by atoms with Gasteiger partial charge in [-0.05, 0) is 50.8 Å². The molecule has 0 aliphatic carbocycles.